The molecule has 0 bridgehead atoms. The molecule has 2 aromatic rings. The predicted octanol–water partition coefficient (Wildman–Crippen LogP) is 2.25. The summed E-state index contributed by atoms with van der Waals surface area (Å²) in [5, 5.41) is 5.40. The molecule has 2 aliphatic rings. The lowest BCUT2D eigenvalue weighted by atomic mass is 10.1. The summed E-state index contributed by atoms with van der Waals surface area (Å²) >= 11 is 0. The van der Waals surface area contributed by atoms with Crippen molar-refractivity contribution in [2.24, 2.45) is 0 Å². The minimum atomic E-state index is -0.727. The maximum atomic E-state index is 12.6. The van der Waals surface area contributed by atoms with Gasteiger partial charge in [-0.25, -0.2) is 9.59 Å². The number of esters is 1. The Bertz CT molecular complexity index is 1070. The van der Waals surface area contributed by atoms with Crippen molar-refractivity contribution in [3.8, 4) is 5.75 Å². The van der Waals surface area contributed by atoms with E-state index in [1.54, 1.807) is 25.3 Å². The largest absolute Gasteiger partial charge is 0.497 e. The number of hydrogen-bond donors (Lipinski definition) is 2. The van der Waals surface area contributed by atoms with Gasteiger partial charge < -0.3 is 20.1 Å². The van der Waals surface area contributed by atoms with Gasteiger partial charge >= 0.3 is 12.0 Å². The van der Waals surface area contributed by atoms with Gasteiger partial charge in [0.1, 0.15) is 18.4 Å². The van der Waals surface area contributed by atoms with E-state index < -0.39 is 12.1 Å². The van der Waals surface area contributed by atoms with Crippen LogP contribution in [0.1, 0.15) is 34.3 Å². The average Bonchev–Trinajstić information content (AvgIpc) is 3.29. The summed E-state index contributed by atoms with van der Waals surface area (Å²) < 4.78 is 10.1. The Hall–Kier alpha value is -3.88. The van der Waals surface area contributed by atoms with Crippen LogP contribution in [0.4, 0.5) is 10.5 Å². The van der Waals surface area contributed by atoms with Crippen LogP contribution in [0.5, 0.6) is 5.75 Å². The highest BCUT2D eigenvalue weighted by molar-refractivity contribution is 6.04. The second-order valence-corrected chi connectivity index (χ2v) is 7.62. The van der Waals surface area contributed by atoms with Gasteiger partial charge in [-0.3, -0.25) is 14.5 Å². The predicted molar refractivity (Wildman–Crippen MR) is 114 cm³/mol. The number of methoxy groups -OCH3 is 1. The molecule has 0 aromatic heterocycles. The number of carbonyl (C=O) groups excluding carboxylic acids is 4. The summed E-state index contributed by atoms with van der Waals surface area (Å²) in [5.41, 5.74) is 2.75. The number of benzene rings is 2. The molecular formula is C23H23N3O6. The van der Waals surface area contributed by atoms with Gasteiger partial charge in [0.25, 0.3) is 5.91 Å². The van der Waals surface area contributed by atoms with E-state index in [0.717, 1.165) is 16.9 Å². The van der Waals surface area contributed by atoms with Crippen molar-refractivity contribution in [3.05, 3.63) is 59.2 Å². The van der Waals surface area contributed by atoms with E-state index >= 15 is 0 Å². The van der Waals surface area contributed by atoms with Crippen molar-refractivity contribution in [3.63, 3.8) is 0 Å². The van der Waals surface area contributed by atoms with Crippen LogP contribution in [-0.2, 0) is 27.4 Å². The standard InChI is InChI=1S/C23H23N3O6/c1-31-17-5-2-14(3-6-17)10-11-26-21(28)19(25-23(26)30)8-9-20(27)24-16-4-7-18-15(12-16)13-32-22(18)29/h2-7,12,19H,8-11,13H2,1H3,(H,24,27)(H,25,30)/t19-/m0/s1. The van der Waals surface area contributed by atoms with E-state index in [1.807, 2.05) is 24.3 Å². The maximum absolute atomic E-state index is 12.6. The molecule has 0 saturated carbocycles. The molecule has 2 N–H and O–H groups in total. The number of cyclic esters (lactones) is 1. The Morgan fingerprint density at radius 1 is 1.19 bits per heavy atom. The van der Waals surface area contributed by atoms with E-state index in [0.29, 0.717) is 17.7 Å². The van der Waals surface area contributed by atoms with Crippen LogP contribution in [0.2, 0.25) is 0 Å². The highest BCUT2D eigenvalue weighted by atomic mass is 16.5. The SMILES string of the molecule is COc1ccc(CCN2C(=O)N[C@@H](CCC(=O)Nc3ccc4c(c3)COC4=O)C2=O)cc1. The second-order valence-electron chi connectivity index (χ2n) is 7.62. The third kappa shape index (κ3) is 4.56. The normalized spacial score (nSPS) is 17.1. The number of hydrogen-bond acceptors (Lipinski definition) is 6. The van der Waals surface area contributed by atoms with Crippen LogP contribution in [-0.4, -0.2) is 48.4 Å². The van der Waals surface area contributed by atoms with E-state index in [1.165, 1.54) is 4.90 Å². The fourth-order valence-corrected chi connectivity index (χ4v) is 3.73. The van der Waals surface area contributed by atoms with E-state index in [2.05, 4.69) is 10.6 Å². The summed E-state index contributed by atoms with van der Waals surface area (Å²) in [6.07, 6.45) is 0.790. The van der Waals surface area contributed by atoms with Crippen LogP contribution < -0.4 is 15.4 Å². The number of nitrogens with zero attached hydrogens (tertiary/aromatic N) is 1. The fraction of sp³-hybridized carbons (Fsp3) is 0.304. The van der Waals surface area contributed by atoms with Gasteiger partial charge in [0.05, 0.1) is 12.7 Å². The molecule has 0 spiro atoms. The Kier molecular flexibility index (Phi) is 6.07. The van der Waals surface area contributed by atoms with Gasteiger partial charge in [-0.15, -0.1) is 0 Å². The fourth-order valence-electron chi connectivity index (χ4n) is 3.73. The molecule has 2 aliphatic heterocycles. The number of amides is 4. The van der Waals surface area contributed by atoms with E-state index in [-0.39, 0.29) is 43.8 Å². The molecule has 0 aliphatic carbocycles. The molecule has 166 valence electrons. The molecule has 4 rings (SSSR count). The van der Waals surface area contributed by atoms with E-state index in [4.69, 9.17) is 9.47 Å². The van der Waals surface area contributed by atoms with Gasteiger partial charge in [-0.1, -0.05) is 12.1 Å². The number of imide groups is 1. The highest BCUT2D eigenvalue weighted by Gasteiger charge is 2.37. The maximum Gasteiger partial charge on any atom is 0.338 e. The van der Waals surface area contributed by atoms with Gasteiger partial charge in [0.2, 0.25) is 5.91 Å². The lowest BCUT2D eigenvalue weighted by Crippen LogP contribution is -2.33. The van der Waals surface area contributed by atoms with Gasteiger partial charge in [-0.2, -0.15) is 0 Å². The molecule has 4 amide bonds. The van der Waals surface area contributed by atoms with Crippen molar-refractivity contribution >= 4 is 29.5 Å². The first-order chi connectivity index (χ1) is 15.4. The number of urea groups is 1. The first-order valence-electron chi connectivity index (χ1n) is 10.3. The molecule has 0 unspecified atom stereocenters. The van der Waals surface area contributed by atoms with Crippen LogP contribution in [0.25, 0.3) is 0 Å². The molecule has 1 atom stereocenters. The number of anilines is 1. The third-order valence-electron chi connectivity index (χ3n) is 5.52. The molecule has 9 nitrogen and oxygen atoms in total. The molecule has 2 heterocycles. The van der Waals surface area contributed by atoms with Crippen LogP contribution in [0.15, 0.2) is 42.5 Å². The minimum absolute atomic E-state index is 0.0650. The van der Waals surface area contributed by atoms with Gasteiger partial charge in [-0.05, 0) is 48.7 Å². The topological polar surface area (TPSA) is 114 Å². The summed E-state index contributed by atoms with van der Waals surface area (Å²) in [4.78, 5) is 49.8. The zero-order valence-corrected chi connectivity index (χ0v) is 17.6. The zero-order chi connectivity index (χ0) is 22.7. The summed E-state index contributed by atoms with van der Waals surface area (Å²) in [6.45, 7) is 0.447. The summed E-state index contributed by atoms with van der Waals surface area (Å²) in [5.74, 6) is -0.243. The quantitative estimate of drug-likeness (QED) is 0.484. The summed E-state index contributed by atoms with van der Waals surface area (Å²) in [7, 11) is 1.59. The highest BCUT2D eigenvalue weighted by Crippen LogP contribution is 2.23. The number of carbonyl (C=O) groups is 4. The number of fused-ring (bicyclic) bond motifs is 1. The molecule has 9 heteroatoms. The third-order valence-corrected chi connectivity index (χ3v) is 5.52. The molecule has 0 radical (unpaired) electrons. The second kappa shape index (κ2) is 9.09. The van der Waals surface area contributed by atoms with Crippen molar-refractivity contribution in [2.75, 3.05) is 19.0 Å². The Labute approximate surface area is 184 Å². The van der Waals surface area contributed by atoms with Crippen molar-refractivity contribution in [1.29, 1.82) is 0 Å². The summed E-state index contributed by atoms with van der Waals surface area (Å²) in [6, 6.07) is 11.2. The number of nitrogens with one attached hydrogen (secondary N) is 2. The zero-order valence-electron chi connectivity index (χ0n) is 17.6. The molecule has 32 heavy (non-hydrogen) atoms. The smallest absolute Gasteiger partial charge is 0.338 e. The van der Waals surface area contributed by atoms with Crippen LogP contribution >= 0.6 is 0 Å². The van der Waals surface area contributed by atoms with Crippen molar-refractivity contribution in [1.82, 2.24) is 10.2 Å². The Morgan fingerprint density at radius 2 is 1.97 bits per heavy atom. The average molecular weight is 437 g/mol. The van der Waals surface area contributed by atoms with Gasteiger partial charge in [0, 0.05) is 24.2 Å². The lowest BCUT2D eigenvalue weighted by Gasteiger charge is -2.13. The minimum Gasteiger partial charge on any atom is -0.497 e. The lowest BCUT2D eigenvalue weighted by molar-refractivity contribution is -0.127. The Morgan fingerprint density at radius 3 is 2.72 bits per heavy atom. The van der Waals surface area contributed by atoms with Crippen molar-refractivity contribution < 1.29 is 28.7 Å². The van der Waals surface area contributed by atoms with Gasteiger partial charge in [0.15, 0.2) is 0 Å². The van der Waals surface area contributed by atoms with E-state index in [9.17, 15) is 19.2 Å². The van der Waals surface area contributed by atoms with Crippen LogP contribution in [0, 0.1) is 0 Å². The number of ether oxygens (including phenoxy) is 2. The monoisotopic (exact) mass is 437 g/mol. The first kappa shape index (κ1) is 21.4. The molecular weight excluding hydrogens is 414 g/mol. The molecule has 2 aromatic carbocycles. The van der Waals surface area contributed by atoms with Crippen LogP contribution in [0.3, 0.4) is 0 Å². The number of rotatable bonds is 8. The molecule has 1 saturated heterocycles. The van der Waals surface area contributed by atoms with Crippen molar-refractivity contribution in [2.45, 2.75) is 31.9 Å². The molecule has 1 fully saturated rings. The Balaban J connectivity index is 1.26. The first-order valence-corrected chi connectivity index (χ1v) is 10.3.